The molecule has 0 N–H and O–H groups in total. The van der Waals surface area contributed by atoms with Gasteiger partial charge in [0.1, 0.15) is 0 Å². The van der Waals surface area contributed by atoms with Crippen LogP contribution in [-0.2, 0) is 23.0 Å². The minimum Gasteiger partial charge on any atom is -0.376 e. The Bertz CT molecular complexity index is 662. The summed E-state index contributed by atoms with van der Waals surface area (Å²) in [5.74, 6) is 1.04. The van der Waals surface area contributed by atoms with E-state index in [0.717, 1.165) is 44.8 Å². The highest BCUT2D eigenvalue weighted by molar-refractivity contribution is 5.79. The molecule has 0 aromatic carbocycles. The van der Waals surface area contributed by atoms with E-state index in [2.05, 4.69) is 22.3 Å². The molecule has 1 amide bonds. The van der Waals surface area contributed by atoms with Crippen LogP contribution in [0.4, 0.5) is 0 Å². The molecule has 3 aliphatic rings. The van der Waals surface area contributed by atoms with Crippen molar-refractivity contribution in [3.05, 3.63) is 29.6 Å². The number of hydrogen-bond acceptors (Lipinski definition) is 3. The first-order valence-electron chi connectivity index (χ1n) is 10.3. The van der Waals surface area contributed by atoms with Crippen LogP contribution in [-0.4, -0.2) is 45.9 Å². The first kappa shape index (κ1) is 17.8. The fraction of sp³-hybridized carbons (Fsp3) is 0.714. The maximum atomic E-state index is 13.0. The second kappa shape index (κ2) is 7.95. The first-order valence-corrected chi connectivity index (χ1v) is 10.3. The monoisotopic (exact) mass is 357 g/mol. The lowest BCUT2D eigenvalue weighted by Gasteiger charge is -2.29. The predicted octanol–water partition coefficient (Wildman–Crippen LogP) is 3.25. The minimum absolute atomic E-state index is 0.148. The van der Waals surface area contributed by atoms with Crippen LogP contribution in [0.5, 0.6) is 0 Å². The maximum Gasteiger partial charge on any atom is 0.227 e. The second-order valence-corrected chi connectivity index (χ2v) is 8.27. The van der Waals surface area contributed by atoms with Crippen LogP contribution in [0.15, 0.2) is 24.0 Å². The lowest BCUT2D eigenvalue weighted by atomic mass is 9.96. The molecule has 1 aromatic heterocycles. The summed E-state index contributed by atoms with van der Waals surface area (Å²) >= 11 is 0. The van der Waals surface area contributed by atoms with Gasteiger partial charge in [-0.05, 0) is 62.8 Å². The van der Waals surface area contributed by atoms with Gasteiger partial charge in [0.2, 0.25) is 5.91 Å². The minimum atomic E-state index is 0.148. The van der Waals surface area contributed by atoms with E-state index in [9.17, 15) is 4.79 Å². The molecule has 1 aliphatic heterocycles. The van der Waals surface area contributed by atoms with E-state index in [1.807, 2.05) is 17.9 Å². The van der Waals surface area contributed by atoms with Crippen LogP contribution in [0.1, 0.15) is 56.9 Å². The zero-order chi connectivity index (χ0) is 17.9. The summed E-state index contributed by atoms with van der Waals surface area (Å²) in [5.41, 5.74) is 2.53. The Morgan fingerprint density at radius 1 is 1.31 bits per heavy atom. The fourth-order valence-electron chi connectivity index (χ4n) is 4.29. The van der Waals surface area contributed by atoms with Gasteiger partial charge in [-0.25, -0.2) is 0 Å². The van der Waals surface area contributed by atoms with E-state index in [1.54, 1.807) is 0 Å². The van der Waals surface area contributed by atoms with Gasteiger partial charge in [-0.1, -0.05) is 11.6 Å². The average Bonchev–Trinajstić information content (AvgIpc) is 3.25. The maximum absolute atomic E-state index is 13.0. The zero-order valence-electron chi connectivity index (χ0n) is 15.9. The number of likely N-dealkylation sites (tertiary alicyclic amines) is 1. The normalized spacial score (nSPS) is 26.2. The van der Waals surface area contributed by atoms with Gasteiger partial charge in [0.25, 0.3) is 0 Å². The van der Waals surface area contributed by atoms with E-state index < -0.39 is 0 Å². The number of carbonyl (C=O) groups is 1. The molecular formula is C21H31N3O2. The Morgan fingerprint density at radius 2 is 2.19 bits per heavy atom. The summed E-state index contributed by atoms with van der Waals surface area (Å²) < 4.78 is 8.09. The molecule has 5 heteroatoms. The van der Waals surface area contributed by atoms with Gasteiger partial charge >= 0.3 is 0 Å². The van der Waals surface area contributed by atoms with Gasteiger partial charge in [-0.2, -0.15) is 5.10 Å². The van der Waals surface area contributed by atoms with Crippen molar-refractivity contribution in [2.45, 2.75) is 69.9 Å². The van der Waals surface area contributed by atoms with E-state index in [-0.39, 0.29) is 18.1 Å². The molecule has 2 atom stereocenters. The molecule has 1 saturated heterocycles. The summed E-state index contributed by atoms with van der Waals surface area (Å²) in [6.07, 6.45) is 16.2. The number of nitrogens with zero attached hydrogens (tertiary/aromatic N) is 3. The number of aromatic nitrogens is 2. The smallest absolute Gasteiger partial charge is 0.227 e. The molecule has 0 unspecified atom stereocenters. The number of carbonyl (C=O) groups excluding carboxylic acids is 1. The average molecular weight is 357 g/mol. The number of ether oxygens (including phenoxy) is 1. The number of allylic oxidation sites excluding steroid dienone is 1. The van der Waals surface area contributed by atoms with E-state index in [1.165, 1.54) is 36.8 Å². The molecule has 2 aliphatic carbocycles. The molecule has 1 saturated carbocycles. The van der Waals surface area contributed by atoms with Gasteiger partial charge in [0.15, 0.2) is 0 Å². The highest BCUT2D eigenvalue weighted by atomic mass is 16.5. The largest absolute Gasteiger partial charge is 0.376 e. The Labute approximate surface area is 156 Å². The Kier molecular flexibility index (Phi) is 5.44. The van der Waals surface area contributed by atoms with Crippen molar-refractivity contribution in [1.82, 2.24) is 14.7 Å². The molecule has 2 heterocycles. The van der Waals surface area contributed by atoms with E-state index >= 15 is 0 Å². The van der Waals surface area contributed by atoms with Crippen molar-refractivity contribution in [3.8, 4) is 0 Å². The van der Waals surface area contributed by atoms with Gasteiger partial charge < -0.3 is 9.64 Å². The summed E-state index contributed by atoms with van der Waals surface area (Å²) in [7, 11) is 1.94. The number of rotatable bonds is 7. The van der Waals surface area contributed by atoms with Crippen LogP contribution < -0.4 is 0 Å². The van der Waals surface area contributed by atoms with Gasteiger partial charge in [0, 0.05) is 32.8 Å². The molecule has 142 valence electrons. The molecule has 0 spiro atoms. The Balaban J connectivity index is 1.43. The predicted molar refractivity (Wildman–Crippen MR) is 101 cm³/mol. The van der Waals surface area contributed by atoms with Crippen molar-refractivity contribution >= 4 is 5.91 Å². The molecule has 1 aromatic rings. The van der Waals surface area contributed by atoms with E-state index in [4.69, 9.17) is 4.74 Å². The quantitative estimate of drug-likeness (QED) is 0.704. The third-order valence-electron chi connectivity index (χ3n) is 6.01. The van der Waals surface area contributed by atoms with Crippen LogP contribution in [0, 0.1) is 5.92 Å². The third-order valence-corrected chi connectivity index (χ3v) is 6.01. The Hall–Kier alpha value is -1.62. The van der Waals surface area contributed by atoms with Crippen LogP contribution in [0.3, 0.4) is 0 Å². The topological polar surface area (TPSA) is 47.4 Å². The standard InChI is InChI=1S/C21H31N3O2/c1-23-14-18(13-22-23)11-19-20(26-15-17-7-8-17)9-10-24(19)21(25)12-16-5-3-2-4-6-16/h5,13-14,17,19-20H,2-4,6-12,15H2,1H3/t19-,20+/m0/s1. The first-order chi connectivity index (χ1) is 12.7. The summed E-state index contributed by atoms with van der Waals surface area (Å²) in [4.78, 5) is 15.1. The molecule has 4 rings (SSSR count). The fourth-order valence-corrected chi connectivity index (χ4v) is 4.29. The van der Waals surface area contributed by atoms with Gasteiger partial charge in [-0.3, -0.25) is 9.48 Å². The van der Waals surface area contributed by atoms with Crippen molar-refractivity contribution in [2.24, 2.45) is 13.0 Å². The number of aryl methyl sites for hydroxylation is 1. The SMILES string of the molecule is Cn1cc(C[C@H]2[C@H](OCC3CC3)CCN2C(=O)CC2=CCCCC2)cn1. The van der Waals surface area contributed by atoms with Crippen molar-refractivity contribution in [1.29, 1.82) is 0 Å². The lowest BCUT2D eigenvalue weighted by molar-refractivity contribution is -0.132. The van der Waals surface area contributed by atoms with E-state index in [0.29, 0.717) is 6.42 Å². The highest BCUT2D eigenvalue weighted by Gasteiger charge is 2.38. The van der Waals surface area contributed by atoms with Crippen molar-refractivity contribution in [3.63, 3.8) is 0 Å². The molecule has 0 radical (unpaired) electrons. The summed E-state index contributed by atoms with van der Waals surface area (Å²) in [6, 6.07) is 0.148. The van der Waals surface area contributed by atoms with Crippen molar-refractivity contribution in [2.75, 3.05) is 13.2 Å². The highest BCUT2D eigenvalue weighted by Crippen LogP contribution is 2.32. The number of amides is 1. The van der Waals surface area contributed by atoms with Gasteiger partial charge in [0.05, 0.1) is 18.3 Å². The number of hydrogen-bond donors (Lipinski definition) is 0. The van der Waals surface area contributed by atoms with Gasteiger partial charge in [-0.15, -0.1) is 0 Å². The van der Waals surface area contributed by atoms with Crippen LogP contribution >= 0.6 is 0 Å². The van der Waals surface area contributed by atoms with Crippen molar-refractivity contribution < 1.29 is 9.53 Å². The molecule has 26 heavy (non-hydrogen) atoms. The third kappa shape index (κ3) is 4.37. The van der Waals surface area contributed by atoms with Crippen LogP contribution in [0.2, 0.25) is 0 Å². The Morgan fingerprint density at radius 3 is 2.88 bits per heavy atom. The lowest BCUT2D eigenvalue weighted by Crippen LogP contribution is -2.42. The zero-order valence-corrected chi connectivity index (χ0v) is 15.9. The summed E-state index contributed by atoms with van der Waals surface area (Å²) in [5, 5.41) is 4.29. The second-order valence-electron chi connectivity index (χ2n) is 8.27. The van der Waals surface area contributed by atoms with Crippen LogP contribution in [0.25, 0.3) is 0 Å². The molecule has 0 bridgehead atoms. The summed E-state index contributed by atoms with van der Waals surface area (Å²) in [6.45, 7) is 1.69. The molecule has 2 fully saturated rings. The molecular weight excluding hydrogens is 326 g/mol. The molecule has 5 nitrogen and oxygen atoms in total.